The van der Waals surface area contributed by atoms with Crippen LogP contribution >= 0.6 is 11.3 Å². The SMILES string of the molecule is CN(Cc1ccsc1)C[C@@H](O)COCc1ccco1. The molecule has 0 aliphatic rings. The van der Waals surface area contributed by atoms with Gasteiger partial charge in [0.1, 0.15) is 12.4 Å². The lowest BCUT2D eigenvalue weighted by Gasteiger charge is -2.19. The number of ether oxygens (including phenoxy) is 1. The Morgan fingerprint density at radius 2 is 2.37 bits per heavy atom. The van der Waals surface area contributed by atoms with Crippen LogP contribution in [0.1, 0.15) is 11.3 Å². The second-order valence-electron chi connectivity index (χ2n) is 4.58. The molecule has 2 heterocycles. The summed E-state index contributed by atoms with van der Waals surface area (Å²) >= 11 is 1.69. The molecule has 0 fully saturated rings. The summed E-state index contributed by atoms with van der Waals surface area (Å²) in [6.45, 7) is 2.15. The Balaban J connectivity index is 1.62. The molecule has 5 heteroatoms. The van der Waals surface area contributed by atoms with Gasteiger partial charge in [0.05, 0.1) is 19.0 Å². The van der Waals surface area contributed by atoms with Crippen molar-refractivity contribution >= 4 is 11.3 Å². The molecule has 4 nitrogen and oxygen atoms in total. The lowest BCUT2D eigenvalue weighted by Crippen LogP contribution is -2.31. The fraction of sp³-hybridized carbons (Fsp3) is 0.429. The van der Waals surface area contributed by atoms with Crippen LogP contribution in [0.25, 0.3) is 0 Å². The molecule has 2 aromatic heterocycles. The van der Waals surface area contributed by atoms with E-state index in [-0.39, 0.29) is 0 Å². The van der Waals surface area contributed by atoms with Gasteiger partial charge in [0, 0.05) is 13.1 Å². The first-order valence-corrected chi connectivity index (χ1v) is 7.16. The summed E-state index contributed by atoms with van der Waals surface area (Å²) in [5.74, 6) is 0.777. The molecule has 0 amide bonds. The topological polar surface area (TPSA) is 45.8 Å². The molecule has 0 saturated carbocycles. The average molecular weight is 281 g/mol. The Morgan fingerprint density at radius 3 is 3.05 bits per heavy atom. The van der Waals surface area contributed by atoms with E-state index in [9.17, 15) is 5.11 Å². The van der Waals surface area contributed by atoms with Gasteiger partial charge in [-0.1, -0.05) is 0 Å². The Bertz CT molecular complexity index is 441. The Morgan fingerprint density at radius 1 is 1.47 bits per heavy atom. The van der Waals surface area contributed by atoms with Gasteiger partial charge in [-0.3, -0.25) is 4.90 Å². The van der Waals surface area contributed by atoms with E-state index in [1.807, 2.05) is 19.2 Å². The van der Waals surface area contributed by atoms with E-state index in [0.717, 1.165) is 12.3 Å². The van der Waals surface area contributed by atoms with E-state index in [4.69, 9.17) is 9.15 Å². The number of hydrogen-bond acceptors (Lipinski definition) is 5. The van der Waals surface area contributed by atoms with E-state index >= 15 is 0 Å². The third-order valence-electron chi connectivity index (χ3n) is 2.69. The third kappa shape index (κ3) is 5.16. The van der Waals surface area contributed by atoms with E-state index in [0.29, 0.717) is 19.8 Å². The van der Waals surface area contributed by atoms with Gasteiger partial charge in [-0.15, -0.1) is 0 Å². The van der Waals surface area contributed by atoms with E-state index in [2.05, 4.69) is 21.7 Å². The molecular formula is C14H19NO3S. The first-order chi connectivity index (χ1) is 9.24. The number of furan rings is 1. The minimum atomic E-state index is -0.487. The minimum Gasteiger partial charge on any atom is -0.467 e. The number of nitrogens with zero attached hydrogens (tertiary/aromatic N) is 1. The van der Waals surface area contributed by atoms with E-state index < -0.39 is 6.10 Å². The van der Waals surface area contributed by atoms with Gasteiger partial charge >= 0.3 is 0 Å². The molecule has 2 rings (SSSR count). The minimum absolute atomic E-state index is 0.314. The highest BCUT2D eigenvalue weighted by atomic mass is 32.1. The van der Waals surface area contributed by atoms with Crippen molar-refractivity contribution in [3.63, 3.8) is 0 Å². The van der Waals surface area contributed by atoms with Crippen molar-refractivity contribution in [1.82, 2.24) is 4.90 Å². The Hall–Kier alpha value is -1.14. The predicted molar refractivity (Wildman–Crippen MR) is 75.0 cm³/mol. The normalized spacial score (nSPS) is 13.0. The van der Waals surface area contributed by atoms with Gasteiger partial charge < -0.3 is 14.3 Å². The van der Waals surface area contributed by atoms with Crippen LogP contribution in [0.3, 0.4) is 0 Å². The van der Waals surface area contributed by atoms with Gasteiger partial charge in [0.15, 0.2) is 0 Å². The molecular weight excluding hydrogens is 262 g/mol. The van der Waals surface area contributed by atoms with Crippen LogP contribution in [-0.4, -0.2) is 36.3 Å². The van der Waals surface area contributed by atoms with Crippen molar-refractivity contribution in [2.45, 2.75) is 19.3 Å². The summed E-state index contributed by atoms with van der Waals surface area (Å²) in [4.78, 5) is 2.09. The van der Waals surface area contributed by atoms with Crippen molar-refractivity contribution < 1.29 is 14.3 Å². The maximum absolute atomic E-state index is 9.88. The van der Waals surface area contributed by atoms with Crippen LogP contribution in [0.15, 0.2) is 39.6 Å². The summed E-state index contributed by atoms with van der Waals surface area (Å²) < 4.78 is 10.6. The number of likely N-dealkylation sites (N-methyl/N-ethyl adjacent to an activating group) is 1. The van der Waals surface area contributed by atoms with Gasteiger partial charge in [-0.2, -0.15) is 11.3 Å². The third-order valence-corrected chi connectivity index (χ3v) is 3.42. The predicted octanol–water partition coefficient (Wildman–Crippen LogP) is 2.35. The van der Waals surface area contributed by atoms with Gasteiger partial charge in [-0.25, -0.2) is 0 Å². The fourth-order valence-electron chi connectivity index (χ4n) is 1.86. The number of hydrogen-bond donors (Lipinski definition) is 1. The van der Waals surface area contributed by atoms with Crippen LogP contribution < -0.4 is 0 Å². The second-order valence-corrected chi connectivity index (χ2v) is 5.36. The maximum Gasteiger partial charge on any atom is 0.129 e. The van der Waals surface area contributed by atoms with E-state index in [1.165, 1.54) is 5.56 Å². The molecule has 1 N–H and O–H groups in total. The summed E-state index contributed by atoms with van der Waals surface area (Å²) in [6, 6.07) is 5.78. The summed E-state index contributed by atoms with van der Waals surface area (Å²) in [5, 5.41) is 14.1. The molecule has 0 aliphatic heterocycles. The molecule has 2 aromatic rings. The molecule has 0 unspecified atom stereocenters. The smallest absolute Gasteiger partial charge is 0.129 e. The molecule has 0 aromatic carbocycles. The quantitative estimate of drug-likeness (QED) is 0.807. The molecule has 0 radical (unpaired) electrons. The zero-order valence-corrected chi connectivity index (χ0v) is 11.8. The molecule has 19 heavy (non-hydrogen) atoms. The first-order valence-electron chi connectivity index (χ1n) is 6.22. The van der Waals surface area contributed by atoms with Crippen LogP contribution in [0.5, 0.6) is 0 Å². The molecule has 0 spiro atoms. The standard InChI is InChI=1S/C14H19NO3S/c1-15(7-12-4-6-19-11-12)8-13(16)9-17-10-14-3-2-5-18-14/h2-6,11,13,16H,7-10H2,1H3/t13-/m1/s1. The highest BCUT2D eigenvalue weighted by Crippen LogP contribution is 2.09. The van der Waals surface area contributed by atoms with Crippen molar-refractivity contribution in [1.29, 1.82) is 0 Å². The summed E-state index contributed by atoms with van der Waals surface area (Å²) in [5.41, 5.74) is 1.27. The highest BCUT2D eigenvalue weighted by molar-refractivity contribution is 7.07. The fourth-order valence-corrected chi connectivity index (χ4v) is 2.52. The zero-order valence-electron chi connectivity index (χ0n) is 11.0. The number of aliphatic hydroxyl groups is 1. The number of thiophene rings is 1. The van der Waals surface area contributed by atoms with Crippen LogP contribution in [0.2, 0.25) is 0 Å². The molecule has 104 valence electrons. The summed E-state index contributed by atoms with van der Waals surface area (Å²) in [7, 11) is 1.99. The van der Waals surface area contributed by atoms with Crippen molar-refractivity contribution in [3.05, 3.63) is 46.5 Å². The molecule has 1 atom stereocenters. The number of rotatable bonds is 8. The van der Waals surface area contributed by atoms with Crippen molar-refractivity contribution in [2.75, 3.05) is 20.2 Å². The Kier molecular flexibility index (Phi) is 5.60. The van der Waals surface area contributed by atoms with Crippen LogP contribution in [-0.2, 0) is 17.9 Å². The average Bonchev–Trinajstić information content (AvgIpc) is 3.01. The van der Waals surface area contributed by atoms with Crippen molar-refractivity contribution in [2.24, 2.45) is 0 Å². The van der Waals surface area contributed by atoms with Crippen LogP contribution in [0.4, 0.5) is 0 Å². The lowest BCUT2D eigenvalue weighted by molar-refractivity contribution is 0.00770. The largest absolute Gasteiger partial charge is 0.467 e. The first kappa shape index (κ1) is 14.3. The second kappa shape index (κ2) is 7.45. The van der Waals surface area contributed by atoms with Gasteiger partial charge in [0.25, 0.3) is 0 Å². The Labute approximate surface area is 117 Å². The number of aliphatic hydroxyl groups excluding tert-OH is 1. The zero-order chi connectivity index (χ0) is 13.5. The van der Waals surface area contributed by atoms with Crippen LogP contribution in [0, 0.1) is 0 Å². The molecule has 0 aliphatic carbocycles. The molecule has 0 saturated heterocycles. The monoisotopic (exact) mass is 281 g/mol. The maximum atomic E-state index is 9.88. The molecule has 0 bridgehead atoms. The highest BCUT2D eigenvalue weighted by Gasteiger charge is 2.09. The summed E-state index contributed by atoms with van der Waals surface area (Å²) in [6.07, 6.45) is 1.13. The van der Waals surface area contributed by atoms with Gasteiger partial charge in [-0.05, 0) is 41.6 Å². The van der Waals surface area contributed by atoms with E-state index in [1.54, 1.807) is 17.6 Å². The lowest BCUT2D eigenvalue weighted by atomic mass is 10.3. The van der Waals surface area contributed by atoms with Crippen molar-refractivity contribution in [3.8, 4) is 0 Å². The van der Waals surface area contributed by atoms with Gasteiger partial charge in [0.2, 0.25) is 0 Å².